The molecule has 0 aliphatic carbocycles. The first-order chi connectivity index (χ1) is 16.9. The van der Waals surface area contributed by atoms with E-state index in [-0.39, 0.29) is 0 Å². The van der Waals surface area contributed by atoms with Gasteiger partial charge in [-0.3, -0.25) is 0 Å². The summed E-state index contributed by atoms with van der Waals surface area (Å²) in [7, 11) is 15.3. The molecule has 0 aliphatic heterocycles. The average Bonchev–Trinajstić information content (AvgIpc) is 2.92. The first kappa shape index (κ1) is 25.3. The molecule has 0 radical (unpaired) electrons. The van der Waals surface area contributed by atoms with Gasteiger partial charge in [0.25, 0.3) is 0 Å². The fourth-order valence-electron chi connectivity index (χ4n) is 4.84. The van der Waals surface area contributed by atoms with Crippen LogP contribution in [0.1, 0.15) is 5.56 Å². The van der Waals surface area contributed by atoms with Gasteiger partial charge in [0.1, 0.15) is 0 Å². The Morgan fingerprint density at radius 2 is 0.829 bits per heavy atom. The van der Waals surface area contributed by atoms with Crippen LogP contribution in [0, 0.1) is 6.92 Å². The van der Waals surface area contributed by atoms with Crippen molar-refractivity contribution < 1.29 is 18.9 Å². The fourth-order valence-corrected chi connectivity index (χ4v) is 30.4. The number of methoxy groups -OCH3 is 4. The van der Waals surface area contributed by atoms with Crippen LogP contribution in [0.4, 0.5) is 0 Å². The third kappa shape index (κ3) is 3.86. The maximum atomic E-state index is 8.58. The average molecular weight is 687 g/mol. The van der Waals surface area contributed by atoms with Crippen LogP contribution >= 0.6 is 8.51 Å². The van der Waals surface area contributed by atoms with E-state index in [0.29, 0.717) is 17.2 Å². The molecule has 0 saturated heterocycles. The fraction of sp³-hybridized carbons (Fsp3) is 0.172. The molecular weight excluding hydrogens is 657 g/mol. The van der Waals surface area contributed by atoms with Gasteiger partial charge in [-0.25, -0.2) is 0 Å². The van der Waals surface area contributed by atoms with Crippen molar-refractivity contribution in [2.45, 2.75) is 6.92 Å². The summed E-state index contributed by atoms with van der Waals surface area (Å²) in [6.07, 6.45) is 0. The van der Waals surface area contributed by atoms with E-state index in [1.165, 1.54) is 0 Å². The Balaban J connectivity index is 2.40. The van der Waals surface area contributed by atoms with E-state index in [1.807, 2.05) is 67.6 Å². The first-order valence-corrected chi connectivity index (χ1v) is 22.5. The van der Waals surface area contributed by atoms with Crippen LogP contribution in [-0.4, -0.2) is 46.0 Å². The molecule has 0 aromatic heterocycles. The van der Waals surface area contributed by atoms with Gasteiger partial charge in [0.15, 0.2) is 0 Å². The Bertz CT molecular complexity index is 1240. The molecule has 0 amide bonds. The molecule has 182 valence electrons. The van der Waals surface area contributed by atoms with Gasteiger partial charge < -0.3 is 0 Å². The van der Waals surface area contributed by atoms with E-state index in [1.54, 1.807) is 28.4 Å². The van der Waals surface area contributed by atoms with Crippen LogP contribution in [-0.2, 0) is 0 Å². The van der Waals surface area contributed by atoms with Crippen LogP contribution < -0.4 is 32.0 Å². The maximum absolute atomic E-state index is 8.58. The predicted octanol–water partition coefficient (Wildman–Crippen LogP) is 4.10. The normalized spacial score (nSPS) is 12.3. The summed E-state index contributed by atoms with van der Waals surface area (Å²) >= 11 is -5.56. The summed E-state index contributed by atoms with van der Waals surface area (Å²) in [4.78, 5) is 0. The minimum absolute atomic E-state index is 0.703. The molecule has 4 nitrogen and oxygen atoms in total. The molecule has 4 rings (SSSR count). The molecule has 0 atom stereocenters. The van der Waals surface area contributed by atoms with Crippen LogP contribution in [0.5, 0.6) is 23.0 Å². The molecule has 0 saturated carbocycles. The zero-order chi connectivity index (χ0) is 25.1. The van der Waals surface area contributed by atoms with Gasteiger partial charge in [-0.05, 0) is 0 Å². The van der Waals surface area contributed by atoms with Gasteiger partial charge in [-0.1, -0.05) is 0 Å². The molecular formula is C29H30BiClO4. The quantitative estimate of drug-likeness (QED) is 0.262. The summed E-state index contributed by atoms with van der Waals surface area (Å²) in [5.41, 5.74) is 1.08. The molecule has 0 unspecified atom stereocenters. The second kappa shape index (κ2) is 10.1. The standard InChI is InChI=1S/C8H9O.3C7H7O.Bi.ClH/c1-7-4-3-5-8(6-7)9-2;3*1-8-7-5-3-2-4-6-7;;/h3-4,6H,1-2H3;3*2-5H,1H3;;1H/q;;;;+1;/p-1. The molecule has 0 aliphatic rings. The predicted molar refractivity (Wildman–Crippen MR) is 147 cm³/mol. The second-order valence-corrected chi connectivity index (χ2v) is 29.5. The van der Waals surface area contributed by atoms with E-state index in [2.05, 4.69) is 30.3 Å². The topological polar surface area (TPSA) is 36.9 Å². The number of hydrogen-bond acceptors (Lipinski definition) is 4. The van der Waals surface area contributed by atoms with Gasteiger partial charge in [0.2, 0.25) is 0 Å². The number of hydrogen-bond donors (Lipinski definition) is 0. The van der Waals surface area contributed by atoms with Crippen LogP contribution in [0.2, 0.25) is 0 Å². The number of rotatable bonds is 8. The van der Waals surface area contributed by atoms with Crippen molar-refractivity contribution in [3.8, 4) is 23.0 Å². The van der Waals surface area contributed by atoms with Gasteiger partial charge in [-0.15, -0.1) is 0 Å². The number of aryl methyl sites for hydroxylation is 1. The van der Waals surface area contributed by atoms with Gasteiger partial charge in [0, 0.05) is 0 Å². The van der Waals surface area contributed by atoms with Crippen molar-refractivity contribution in [2.24, 2.45) is 0 Å². The third-order valence-electron chi connectivity index (χ3n) is 6.40. The van der Waals surface area contributed by atoms with Crippen molar-refractivity contribution in [3.63, 3.8) is 0 Å². The summed E-state index contributed by atoms with van der Waals surface area (Å²) in [6.45, 7) is 2.04. The molecule has 0 heterocycles. The summed E-state index contributed by atoms with van der Waals surface area (Å²) < 4.78 is 27.6. The molecule has 0 spiro atoms. The Hall–Kier alpha value is -2.75. The number of para-hydroxylation sites is 3. The van der Waals surface area contributed by atoms with E-state index in [4.69, 9.17) is 27.5 Å². The van der Waals surface area contributed by atoms with Crippen molar-refractivity contribution in [1.29, 1.82) is 0 Å². The summed E-state index contributed by atoms with van der Waals surface area (Å²) in [6, 6.07) is 30.1. The SMILES string of the molecule is COc1cccc[c]1[Bi]([Cl])([c]1ccccc1OC)([c]1ccccc1OC)[c]1ccc(C)cc1OC. The first-order valence-electron chi connectivity index (χ1n) is 11.2. The van der Waals surface area contributed by atoms with Crippen LogP contribution in [0.15, 0.2) is 91.0 Å². The Morgan fingerprint density at radius 1 is 0.486 bits per heavy atom. The monoisotopic (exact) mass is 686 g/mol. The second-order valence-electron chi connectivity index (χ2n) is 8.20. The summed E-state index contributed by atoms with van der Waals surface area (Å²) in [5.74, 6) is 2.83. The number of halogens is 1. The molecule has 4 aromatic rings. The van der Waals surface area contributed by atoms with Crippen LogP contribution in [0.25, 0.3) is 0 Å². The van der Waals surface area contributed by atoms with E-state index in [9.17, 15) is 0 Å². The molecule has 4 aromatic carbocycles. The zero-order valence-electron chi connectivity index (χ0n) is 20.6. The van der Waals surface area contributed by atoms with Crippen molar-refractivity contribution in [2.75, 3.05) is 28.4 Å². The van der Waals surface area contributed by atoms with Gasteiger partial charge in [-0.2, -0.15) is 0 Å². The minimum atomic E-state index is -5.56. The zero-order valence-corrected chi connectivity index (χ0v) is 24.9. The third-order valence-corrected chi connectivity index (χ3v) is 32.6. The van der Waals surface area contributed by atoms with Crippen molar-refractivity contribution in [1.82, 2.24) is 0 Å². The van der Waals surface area contributed by atoms with Crippen LogP contribution in [0.3, 0.4) is 0 Å². The molecule has 35 heavy (non-hydrogen) atoms. The van der Waals surface area contributed by atoms with E-state index >= 15 is 0 Å². The van der Waals surface area contributed by atoms with Gasteiger partial charge in [0.05, 0.1) is 0 Å². The van der Waals surface area contributed by atoms with Crippen molar-refractivity contribution in [3.05, 3.63) is 96.6 Å². The van der Waals surface area contributed by atoms with E-state index < -0.39 is 17.6 Å². The summed E-state index contributed by atoms with van der Waals surface area (Å²) in [5, 5.41) is 0. The Morgan fingerprint density at radius 3 is 1.20 bits per heavy atom. The number of ether oxygens (including phenoxy) is 4. The molecule has 0 N–H and O–H groups in total. The molecule has 0 fully saturated rings. The Kier molecular flexibility index (Phi) is 7.31. The Labute approximate surface area is 212 Å². The van der Waals surface area contributed by atoms with Gasteiger partial charge >= 0.3 is 213 Å². The van der Waals surface area contributed by atoms with E-state index in [0.717, 1.165) is 24.4 Å². The molecule has 6 heteroatoms. The number of benzene rings is 4. The van der Waals surface area contributed by atoms with Crippen molar-refractivity contribution >= 4 is 39.2 Å². The molecule has 0 bridgehead atoms.